The summed E-state index contributed by atoms with van der Waals surface area (Å²) in [6, 6.07) is 23.2. The van der Waals surface area contributed by atoms with Crippen LogP contribution in [-0.2, 0) is 21.6 Å². The van der Waals surface area contributed by atoms with Crippen molar-refractivity contribution in [2.24, 2.45) is 0 Å². The Labute approximate surface area is 197 Å². The molecule has 0 heterocycles. The van der Waals surface area contributed by atoms with Crippen LogP contribution in [0.5, 0.6) is 0 Å². The Kier molecular flexibility index (Phi) is 20.4. The Morgan fingerprint density at radius 3 is 2.07 bits per heavy atom. The van der Waals surface area contributed by atoms with Crippen LogP contribution in [0.2, 0.25) is 0 Å². The normalized spacial score (nSPS) is 10.1. The summed E-state index contributed by atoms with van der Waals surface area (Å²) in [7, 11) is 0. The third-order valence-corrected chi connectivity index (χ3v) is 3.57. The van der Waals surface area contributed by atoms with Crippen molar-refractivity contribution < 1.29 is 21.6 Å². The SMILES string of the molecule is Cc1cc2ccccc2[cH-]1.Cl.Cl.[C-]1=CC(c2ccccc2)=CC1.[CH3-].[CH3-].[Ge]=[Zr]. The van der Waals surface area contributed by atoms with E-state index in [0.717, 1.165) is 6.42 Å². The second-order valence-electron chi connectivity index (χ2n) is 5.24. The minimum absolute atomic E-state index is 0. The van der Waals surface area contributed by atoms with Gasteiger partial charge >= 0.3 is 33.7 Å². The molecule has 0 fully saturated rings. The first-order chi connectivity index (χ1) is 11.3. The van der Waals surface area contributed by atoms with Gasteiger partial charge in [0.05, 0.1) is 0 Å². The Balaban J connectivity index is -0.000000345. The summed E-state index contributed by atoms with van der Waals surface area (Å²) in [6.07, 6.45) is 8.36. The van der Waals surface area contributed by atoms with Crippen LogP contribution in [0, 0.1) is 27.9 Å². The van der Waals surface area contributed by atoms with E-state index in [-0.39, 0.29) is 39.7 Å². The van der Waals surface area contributed by atoms with Crippen LogP contribution in [0.15, 0.2) is 78.9 Å². The van der Waals surface area contributed by atoms with E-state index in [0.29, 0.717) is 0 Å². The summed E-state index contributed by atoms with van der Waals surface area (Å²) in [6.45, 7) is 2.12. The average Bonchev–Trinajstić information content (AvgIpc) is 3.26. The number of aryl methyl sites for hydroxylation is 1. The van der Waals surface area contributed by atoms with Crippen molar-refractivity contribution in [1.29, 1.82) is 0 Å². The molecule has 0 unspecified atom stereocenters. The summed E-state index contributed by atoms with van der Waals surface area (Å²) in [5.74, 6) is 0. The van der Waals surface area contributed by atoms with Gasteiger partial charge in [-0.05, 0) is 0 Å². The van der Waals surface area contributed by atoms with Gasteiger partial charge in [0.15, 0.2) is 0 Å². The Morgan fingerprint density at radius 1 is 0.926 bits per heavy atom. The fourth-order valence-corrected chi connectivity index (χ4v) is 2.53. The molecule has 0 saturated heterocycles. The average molecular weight is 537 g/mol. The van der Waals surface area contributed by atoms with Gasteiger partial charge in [0.2, 0.25) is 0 Å². The quantitative estimate of drug-likeness (QED) is 0.231. The van der Waals surface area contributed by atoms with E-state index in [2.05, 4.69) is 98.0 Å². The third-order valence-electron chi connectivity index (χ3n) is 3.57. The van der Waals surface area contributed by atoms with Gasteiger partial charge in [-0.1, -0.05) is 43.3 Å². The zero-order chi connectivity index (χ0) is 16.5. The number of benzene rings is 2. The van der Waals surface area contributed by atoms with Crippen LogP contribution >= 0.6 is 24.8 Å². The van der Waals surface area contributed by atoms with Crippen molar-refractivity contribution in [2.45, 2.75) is 13.3 Å². The molecule has 4 rings (SSSR count). The van der Waals surface area contributed by atoms with Gasteiger partial charge < -0.3 is 14.9 Å². The molecule has 3 aromatic carbocycles. The van der Waals surface area contributed by atoms with E-state index >= 15 is 0 Å². The van der Waals surface area contributed by atoms with Crippen LogP contribution in [0.1, 0.15) is 17.5 Å². The molecular weight excluding hydrogens is 511 g/mol. The molecule has 0 atom stereocenters. The van der Waals surface area contributed by atoms with E-state index in [1.54, 1.807) is 21.6 Å². The molecule has 0 saturated carbocycles. The molecule has 0 bridgehead atoms. The zero-order valence-electron chi connectivity index (χ0n) is 16.0. The van der Waals surface area contributed by atoms with Crippen LogP contribution < -0.4 is 0 Å². The van der Waals surface area contributed by atoms with Gasteiger partial charge in [-0.25, -0.2) is 6.08 Å². The predicted octanol–water partition coefficient (Wildman–Crippen LogP) is 7.06. The molecule has 144 valence electrons. The molecular formula is C23H26Cl2GeZr-4. The topological polar surface area (TPSA) is 0 Å². The summed E-state index contributed by atoms with van der Waals surface area (Å²) < 4.78 is 0. The second-order valence-corrected chi connectivity index (χ2v) is 5.24. The monoisotopic (exact) mass is 536 g/mol. The van der Waals surface area contributed by atoms with Gasteiger partial charge in [-0.2, -0.15) is 17.7 Å². The number of allylic oxidation sites excluding steroid dienone is 4. The van der Waals surface area contributed by atoms with Gasteiger partial charge in [-0.3, -0.25) is 6.08 Å². The molecule has 2 radical (unpaired) electrons. The van der Waals surface area contributed by atoms with Crippen LogP contribution in [0.4, 0.5) is 0 Å². The number of hydrogen-bond donors (Lipinski definition) is 0. The summed E-state index contributed by atoms with van der Waals surface area (Å²) in [5, 5.41) is 2.69. The summed E-state index contributed by atoms with van der Waals surface area (Å²) in [4.78, 5) is 0. The number of hydrogen-bond acceptors (Lipinski definition) is 0. The predicted molar refractivity (Wildman–Crippen MR) is 124 cm³/mol. The van der Waals surface area contributed by atoms with E-state index < -0.39 is 0 Å². The molecule has 4 heteroatoms. The van der Waals surface area contributed by atoms with E-state index in [1.165, 1.54) is 27.5 Å². The molecule has 0 aliphatic heterocycles. The zero-order valence-corrected chi connectivity index (χ0v) is 22.2. The van der Waals surface area contributed by atoms with Gasteiger partial charge in [0, 0.05) is 0 Å². The Bertz CT molecular complexity index is 774. The van der Waals surface area contributed by atoms with Crippen LogP contribution in [-0.4, -0.2) is 12.1 Å². The number of halogens is 2. The van der Waals surface area contributed by atoms with Crippen LogP contribution in [0.3, 0.4) is 0 Å². The molecule has 0 N–H and O–H groups in total. The first-order valence-corrected chi connectivity index (χ1v) is 15.0. The minimum atomic E-state index is 0. The fraction of sp³-hybridized carbons (Fsp3) is 0.0870. The molecule has 0 aromatic heterocycles. The van der Waals surface area contributed by atoms with Crippen molar-refractivity contribution in [3.63, 3.8) is 0 Å². The number of rotatable bonds is 1. The Hall–Kier alpha value is -0.464. The van der Waals surface area contributed by atoms with Crippen molar-refractivity contribution >= 4 is 53.3 Å². The molecule has 1 aliphatic carbocycles. The molecule has 27 heavy (non-hydrogen) atoms. The van der Waals surface area contributed by atoms with Crippen molar-refractivity contribution in [3.05, 3.63) is 111 Å². The second kappa shape index (κ2) is 17.6. The first kappa shape index (κ1) is 31.2. The maximum atomic E-state index is 3.15. The molecule has 1 aliphatic rings. The summed E-state index contributed by atoms with van der Waals surface area (Å²) in [5.41, 5.74) is 3.93. The standard InChI is InChI=1S/C11H9.C10H9.2CH3.2ClH.Ge.Zr/c1-2-6-10(7-3-1)11-8-4-5-9-11;1-8-6-9-4-2-3-5-10(9)7-8;;;;;;/h1-3,6-9H,4H2;2-7H,1H3;2*1H3;2*1H;;/q4*-1;;;;. The van der Waals surface area contributed by atoms with E-state index in [9.17, 15) is 0 Å². The van der Waals surface area contributed by atoms with Gasteiger partial charge in [0.25, 0.3) is 0 Å². The maximum absolute atomic E-state index is 3.15. The van der Waals surface area contributed by atoms with Crippen molar-refractivity contribution in [3.8, 4) is 0 Å². The fourth-order valence-electron chi connectivity index (χ4n) is 2.53. The molecule has 0 spiro atoms. The van der Waals surface area contributed by atoms with E-state index in [4.69, 9.17) is 0 Å². The molecule has 0 amide bonds. The van der Waals surface area contributed by atoms with Crippen LogP contribution in [0.25, 0.3) is 16.3 Å². The third kappa shape index (κ3) is 10.0. The van der Waals surface area contributed by atoms with Crippen molar-refractivity contribution in [1.82, 2.24) is 0 Å². The number of fused-ring (bicyclic) bond motifs is 1. The Morgan fingerprint density at radius 2 is 1.52 bits per heavy atom. The first-order valence-electron chi connectivity index (χ1n) is 7.52. The van der Waals surface area contributed by atoms with Crippen molar-refractivity contribution in [2.75, 3.05) is 0 Å². The van der Waals surface area contributed by atoms with E-state index in [1.807, 2.05) is 6.07 Å². The van der Waals surface area contributed by atoms with Gasteiger partial charge in [-0.15, -0.1) is 77.4 Å². The molecule has 0 nitrogen and oxygen atoms in total. The summed E-state index contributed by atoms with van der Waals surface area (Å²) >= 11 is 3.64. The van der Waals surface area contributed by atoms with Gasteiger partial charge in [0.1, 0.15) is 0 Å². The molecule has 3 aromatic rings.